The fraction of sp³-hybridized carbons (Fsp3) is 0.357. The van der Waals surface area contributed by atoms with Crippen molar-refractivity contribution in [1.82, 2.24) is 14.5 Å². The lowest BCUT2D eigenvalue weighted by atomic mass is 10.1. The lowest BCUT2D eigenvalue weighted by molar-refractivity contribution is 0.0731. The van der Waals surface area contributed by atoms with E-state index in [1.54, 1.807) is 11.9 Å². The molecule has 2 aromatic rings. The third kappa shape index (κ3) is 2.06. The Morgan fingerprint density at radius 3 is 2.90 bits per heavy atom. The van der Waals surface area contributed by atoms with Crippen LogP contribution < -0.4 is 5.56 Å². The van der Waals surface area contributed by atoms with Gasteiger partial charge in [0, 0.05) is 24.5 Å². The number of hydrogen-bond donors (Lipinski definition) is 0. The lowest BCUT2D eigenvalue weighted by Crippen LogP contribution is -2.40. The lowest BCUT2D eigenvalue weighted by Gasteiger charge is -2.27. The number of hydrogen-bond acceptors (Lipinski definition) is 4. The summed E-state index contributed by atoms with van der Waals surface area (Å²) in [6.45, 7) is 2.93. The van der Waals surface area contributed by atoms with Crippen LogP contribution in [0, 0.1) is 6.92 Å². The number of fused-ring (bicyclic) bond motifs is 1. The van der Waals surface area contributed by atoms with Gasteiger partial charge in [0.05, 0.1) is 24.1 Å². The summed E-state index contributed by atoms with van der Waals surface area (Å²) < 4.78 is 1.49. The van der Waals surface area contributed by atoms with Gasteiger partial charge in [-0.2, -0.15) is 11.3 Å². The molecule has 0 saturated heterocycles. The highest BCUT2D eigenvalue weighted by molar-refractivity contribution is 7.08. The maximum atomic E-state index is 12.5. The average molecular weight is 289 g/mol. The molecule has 0 spiro atoms. The van der Waals surface area contributed by atoms with Crippen molar-refractivity contribution in [2.75, 3.05) is 6.54 Å². The van der Waals surface area contributed by atoms with E-state index in [-0.39, 0.29) is 11.5 Å². The summed E-state index contributed by atoms with van der Waals surface area (Å²) in [6.07, 6.45) is 2.09. The molecule has 2 aromatic heterocycles. The molecular formula is C14H15N3O2S. The molecule has 0 unspecified atom stereocenters. The second kappa shape index (κ2) is 4.86. The topological polar surface area (TPSA) is 55.2 Å². The Balaban J connectivity index is 1.90. The van der Waals surface area contributed by atoms with E-state index in [9.17, 15) is 9.59 Å². The van der Waals surface area contributed by atoms with E-state index in [1.165, 1.54) is 22.2 Å². The van der Waals surface area contributed by atoms with Crippen molar-refractivity contribution >= 4 is 17.2 Å². The van der Waals surface area contributed by atoms with Crippen LogP contribution in [0.3, 0.4) is 0 Å². The van der Waals surface area contributed by atoms with Gasteiger partial charge in [0.25, 0.3) is 11.5 Å². The van der Waals surface area contributed by atoms with Gasteiger partial charge in [-0.15, -0.1) is 0 Å². The van der Waals surface area contributed by atoms with Crippen LogP contribution in [-0.4, -0.2) is 26.9 Å². The largest absolute Gasteiger partial charge is 0.332 e. The first-order valence-corrected chi connectivity index (χ1v) is 7.37. The predicted octanol–water partition coefficient (Wildman–Crippen LogP) is 1.35. The van der Waals surface area contributed by atoms with E-state index < -0.39 is 0 Å². The van der Waals surface area contributed by atoms with E-state index in [0.29, 0.717) is 19.5 Å². The van der Waals surface area contributed by atoms with Gasteiger partial charge in [-0.1, -0.05) is 0 Å². The second-order valence-corrected chi connectivity index (χ2v) is 5.77. The number of aromatic nitrogens is 2. The van der Waals surface area contributed by atoms with Crippen LogP contribution in [0.25, 0.3) is 0 Å². The highest BCUT2D eigenvalue weighted by Crippen LogP contribution is 2.20. The first kappa shape index (κ1) is 13.1. The summed E-state index contributed by atoms with van der Waals surface area (Å²) in [5.41, 5.74) is 3.21. The molecule has 0 atom stereocenters. The van der Waals surface area contributed by atoms with E-state index in [2.05, 4.69) is 4.98 Å². The van der Waals surface area contributed by atoms with Crippen LogP contribution >= 0.6 is 11.3 Å². The zero-order chi connectivity index (χ0) is 14.3. The van der Waals surface area contributed by atoms with Gasteiger partial charge in [-0.05, 0) is 24.3 Å². The van der Waals surface area contributed by atoms with Crippen molar-refractivity contribution in [2.24, 2.45) is 7.05 Å². The normalized spacial score (nSPS) is 14.2. The highest BCUT2D eigenvalue weighted by atomic mass is 32.1. The fourth-order valence-corrected chi connectivity index (χ4v) is 3.26. The van der Waals surface area contributed by atoms with E-state index >= 15 is 0 Å². The van der Waals surface area contributed by atoms with Gasteiger partial charge in [0.2, 0.25) is 0 Å². The molecule has 0 aromatic carbocycles. The molecule has 0 radical (unpaired) electrons. The van der Waals surface area contributed by atoms with Gasteiger partial charge in [0.1, 0.15) is 0 Å². The average Bonchev–Trinajstić information content (AvgIpc) is 2.88. The summed E-state index contributed by atoms with van der Waals surface area (Å²) in [5, 5.41) is 3.85. The van der Waals surface area contributed by atoms with Gasteiger partial charge in [0.15, 0.2) is 0 Å². The monoisotopic (exact) mass is 289 g/mol. The smallest absolute Gasteiger partial charge is 0.256 e. The van der Waals surface area contributed by atoms with Crippen molar-refractivity contribution in [1.29, 1.82) is 0 Å². The predicted molar refractivity (Wildman–Crippen MR) is 77.0 cm³/mol. The number of nitrogens with zero attached hydrogens (tertiary/aromatic N) is 3. The Hall–Kier alpha value is -1.95. The Morgan fingerprint density at radius 1 is 1.40 bits per heavy atom. The minimum absolute atomic E-state index is 0.00573. The molecule has 1 aliphatic heterocycles. The van der Waals surface area contributed by atoms with E-state index in [0.717, 1.165) is 22.4 Å². The van der Waals surface area contributed by atoms with Gasteiger partial charge >= 0.3 is 0 Å². The minimum atomic E-state index is -0.00573. The number of amides is 1. The van der Waals surface area contributed by atoms with E-state index in [1.807, 2.05) is 17.7 Å². The molecule has 0 aliphatic carbocycles. The van der Waals surface area contributed by atoms with Crippen molar-refractivity contribution < 1.29 is 4.79 Å². The Morgan fingerprint density at radius 2 is 2.20 bits per heavy atom. The number of aryl methyl sites for hydroxylation is 2. The van der Waals surface area contributed by atoms with Gasteiger partial charge in [-0.25, -0.2) is 4.98 Å². The molecule has 0 N–H and O–H groups in total. The number of carbonyl (C=O) groups is 1. The van der Waals surface area contributed by atoms with Crippen LogP contribution in [0.15, 0.2) is 21.9 Å². The molecule has 0 fully saturated rings. The molecule has 1 aliphatic rings. The Kier molecular flexibility index (Phi) is 3.17. The summed E-state index contributed by atoms with van der Waals surface area (Å²) in [4.78, 5) is 30.5. The molecule has 20 heavy (non-hydrogen) atoms. The summed E-state index contributed by atoms with van der Waals surface area (Å²) in [7, 11) is 1.70. The Bertz CT molecular complexity index is 732. The first-order valence-electron chi connectivity index (χ1n) is 6.43. The molecule has 0 bridgehead atoms. The van der Waals surface area contributed by atoms with Crippen LogP contribution in [0.4, 0.5) is 0 Å². The van der Waals surface area contributed by atoms with Crippen LogP contribution in [0.2, 0.25) is 0 Å². The molecule has 5 nitrogen and oxygen atoms in total. The standard InChI is InChI=1S/C14H15N3O2S/c1-9-6-20-7-11(9)14(19)17-4-3-10-12(5-17)15-8-16(2)13(10)18/h6-8H,3-5H2,1-2H3. The van der Waals surface area contributed by atoms with E-state index in [4.69, 9.17) is 0 Å². The zero-order valence-electron chi connectivity index (χ0n) is 11.4. The number of carbonyl (C=O) groups excluding carboxylic acids is 1. The maximum absolute atomic E-state index is 12.5. The SMILES string of the molecule is Cc1cscc1C(=O)N1CCc2c(ncn(C)c2=O)C1. The fourth-order valence-electron chi connectivity index (χ4n) is 2.44. The molecular weight excluding hydrogens is 274 g/mol. The molecule has 3 rings (SSSR count). The third-order valence-corrected chi connectivity index (χ3v) is 4.52. The summed E-state index contributed by atoms with van der Waals surface area (Å²) in [5.74, 6) is 0.0249. The van der Waals surface area contributed by atoms with Gasteiger partial charge in [-0.3, -0.25) is 9.59 Å². The molecule has 0 saturated carbocycles. The van der Waals surface area contributed by atoms with Crippen LogP contribution in [-0.2, 0) is 20.0 Å². The van der Waals surface area contributed by atoms with Crippen LogP contribution in [0.1, 0.15) is 27.2 Å². The summed E-state index contributed by atoms with van der Waals surface area (Å²) in [6, 6.07) is 0. The van der Waals surface area contributed by atoms with Crippen molar-refractivity contribution in [3.8, 4) is 0 Å². The highest BCUT2D eigenvalue weighted by Gasteiger charge is 2.25. The molecule has 1 amide bonds. The van der Waals surface area contributed by atoms with Gasteiger partial charge < -0.3 is 9.47 Å². The second-order valence-electron chi connectivity index (χ2n) is 5.03. The van der Waals surface area contributed by atoms with Crippen LogP contribution in [0.5, 0.6) is 0 Å². The molecule has 104 valence electrons. The third-order valence-electron chi connectivity index (χ3n) is 3.66. The Labute approximate surface area is 120 Å². The number of rotatable bonds is 1. The maximum Gasteiger partial charge on any atom is 0.256 e. The summed E-state index contributed by atoms with van der Waals surface area (Å²) >= 11 is 1.53. The number of thiophene rings is 1. The minimum Gasteiger partial charge on any atom is -0.332 e. The zero-order valence-corrected chi connectivity index (χ0v) is 12.2. The first-order chi connectivity index (χ1) is 9.58. The quantitative estimate of drug-likeness (QED) is 0.796. The molecule has 3 heterocycles. The van der Waals surface area contributed by atoms with Crippen molar-refractivity contribution in [3.05, 3.63) is 49.8 Å². The van der Waals surface area contributed by atoms with Crippen molar-refractivity contribution in [3.63, 3.8) is 0 Å². The van der Waals surface area contributed by atoms with Crippen molar-refractivity contribution in [2.45, 2.75) is 19.9 Å². The molecule has 6 heteroatoms.